The predicted octanol–water partition coefficient (Wildman–Crippen LogP) is 0.123. The van der Waals surface area contributed by atoms with Crippen LogP contribution in [0.25, 0.3) is 0 Å². The molecule has 1 aromatic rings. The van der Waals surface area contributed by atoms with Crippen molar-refractivity contribution in [3.05, 3.63) is 29.8 Å². The molecule has 0 bridgehead atoms. The highest BCUT2D eigenvalue weighted by Crippen LogP contribution is 2.20. The van der Waals surface area contributed by atoms with E-state index in [1.165, 1.54) is 11.0 Å². The first kappa shape index (κ1) is 16.9. The van der Waals surface area contributed by atoms with Crippen LogP contribution in [0.1, 0.15) is 12.0 Å². The highest BCUT2D eigenvalue weighted by molar-refractivity contribution is 5.72. The molecule has 1 unspecified atom stereocenters. The minimum Gasteiger partial charge on any atom is -0.508 e. The molecule has 0 radical (unpaired) electrons. The van der Waals surface area contributed by atoms with Gasteiger partial charge in [-0.25, -0.2) is 0 Å². The Morgan fingerprint density at radius 3 is 2.19 bits per heavy atom. The number of rotatable bonds is 9. The second-order valence-corrected chi connectivity index (χ2v) is 4.76. The fraction of sp³-hybridized carbons (Fsp3) is 0.429. The summed E-state index contributed by atoms with van der Waals surface area (Å²) >= 11 is 0. The Morgan fingerprint density at radius 1 is 1.14 bits per heavy atom. The third-order valence-corrected chi connectivity index (χ3v) is 3.14. The van der Waals surface area contributed by atoms with Crippen LogP contribution >= 0.6 is 0 Å². The van der Waals surface area contributed by atoms with E-state index in [0.717, 1.165) is 0 Å². The molecule has 0 spiro atoms. The van der Waals surface area contributed by atoms with Gasteiger partial charge >= 0.3 is 11.9 Å². The molecule has 0 saturated heterocycles. The summed E-state index contributed by atoms with van der Waals surface area (Å²) < 4.78 is 0. The van der Waals surface area contributed by atoms with Gasteiger partial charge in [-0.15, -0.1) is 0 Å². The van der Waals surface area contributed by atoms with Gasteiger partial charge in [-0.2, -0.15) is 0 Å². The molecular formula is C14H20N2O5. The fourth-order valence-electron chi connectivity index (χ4n) is 2.20. The van der Waals surface area contributed by atoms with Crippen molar-refractivity contribution < 1.29 is 24.9 Å². The van der Waals surface area contributed by atoms with Gasteiger partial charge in [-0.1, -0.05) is 18.2 Å². The summed E-state index contributed by atoms with van der Waals surface area (Å²) in [5.74, 6) is -2.10. The summed E-state index contributed by atoms with van der Waals surface area (Å²) in [5.41, 5.74) is 6.17. The normalized spacial score (nSPS) is 12.3. The van der Waals surface area contributed by atoms with Crippen LogP contribution < -0.4 is 5.73 Å². The number of aliphatic carboxylic acids is 2. The first-order chi connectivity index (χ1) is 9.93. The molecule has 0 saturated carbocycles. The minimum absolute atomic E-state index is 0.102. The molecule has 5 N–H and O–H groups in total. The monoisotopic (exact) mass is 296 g/mol. The van der Waals surface area contributed by atoms with Gasteiger partial charge in [-0.3, -0.25) is 14.5 Å². The highest BCUT2D eigenvalue weighted by Gasteiger charge is 2.23. The zero-order chi connectivity index (χ0) is 15.8. The number of nitrogens with two attached hydrogens (primary N) is 1. The molecule has 0 aliphatic carbocycles. The van der Waals surface area contributed by atoms with Gasteiger partial charge in [0.1, 0.15) is 5.75 Å². The summed E-state index contributed by atoms with van der Waals surface area (Å²) in [5, 5.41) is 27.6. The molecule has 116 valence electrons. The van der Waals surface area contributed by atoms with E-state index in [9.17, 15) is 14.7 Å². The standard InChI is InChI=1S/C14H20N2O5/c15-6-5-11(7-10-3-1-2-4-12(10)17)16(8-13(18)19)9-14(20)21/h1-4,11,17H,5-9,15H2,(H,18,19)(H,20,21). The van der Waals surface area contributed by atoms with Crippen molar-refractivity contribution in [2.24, 2.45) is 5.73 Å². The molecule has 0 aliphatic heterocycles. The molecule has 0 amide bonds. The van der Waals surface area contributed by atoms with E-state index in [1.54, 1.807) is 18.2 Å². The summed E-state index contributed by atoms with van der Waals surface area (Å²) in [7, 11) is 0. The lowest BCUT2D eigenvalue weighted by atomic mass is 10.0. The minimum atomic E-state index is -1.10. The van der Waals surface area contributed by atoms with Crippen LogP contribution in [0.15, 0.2) is 24.3 Å². The van der Waals surface area contributed by atoms with Crippen LogP contribution in [0, 0.1) is 0 Å². The lowest BCUT2D eigenvalue weighted by Gasteiger charge is -2.29. The van der Waals surface area contributed by atoms with E-state index in [1.807, 2.05) is 0 Å². The zero-order valence-electron chi connectivity index (χ0n) is 11.6. The largest absolute Gasteiger partial charge is 0.508 e. The van der Waals surface area contributed by atoms with Crippen LogP contribution in [0.4, 0.5) is 0 Å². The number of aromatic hydroxyl groups is 1. The topological polar surface area (TPSA) is 124 Å². The van der Waals surface area contributed by atoms with Crippen molar-refractivity contribution in [3.8, 4) is 5.75 Å². The number of hydrogen-bond donors (Lipinski definition) is 4. The van der Waals surface area contributed by atoms with Crippen LogP contribution in [-0.2, 0) is 16.0 Å². The molecule has 0 aliphatic rings. The molecular weight excluding hydrogens is 276 g/mol. The second kappa shape index (κ2) is 8.23. The molecule has 7 nitrogen and oxygen atoms in total. The molecule has 21 heavy (non-hydrogen) atoms. The van der Waals surface area contributed by atoms with Crippen molar-refractivity contribution in [1.29, 1.82) is 0 Å². The first-order valence-corrected chi connectivity index (χ1v) is 6.58. The average molecular weight is 296 g/mol. The van der Waals surface area contributed by atoms with Crippen molar-refractivity contribution in [2.45, 2.75) is 18.9 Å². The highest BCUT2D eigenvalue weighted by atomic mass is 16.4. The first-order valence-electron chi connectivity index (χ1n) is 6.58. The van der Waals surface area contributed by atoms with Crippen LogP contribution in [0.3, 0.4) is 0 Å². The quantitative estimate of drug-likeness (QED) is 0.510. The number of phenols is 1. The molecule has 1 atom stereocenters. The Bertz CT molecular complexity index is 476. The summed E-state index contributed by atoms with van der Waals surface area (Å²) in [6, 6.07) is 6.33. The SMILES string of the molecule is NCCC(Cc1ccccc1O)N(CC(=O)O)CC(=O)O. The van der Waals surface area contributed by atoms with Crippen molar-refractivity contribution in [3.63, 3.8) is 0 Å². The molecule has 0 aromatic heterocycles. The fourth-order valence-corrected chi connectivity index (χ4v) is 2.20. The molecule has 1 aromatic carbocycles. The summed E-state index contributed by atoms with van der Waals surface area (Å²) in [6.45, 7) is -0.469. The van der Waals surface area contributed by atoms with Gasteiger partial charge in [0.05, 0.1) is 13.1 Å². The van der Waals surface area contributed by atoms with E-state index in [4.69, 9.17) is 15.9 Å². The van der Waals surface area contributed by atoms with Crippen LogP contribution in [0.2, 0.25) is 0 Å². The van der Waals surface area contributed by atoms with E-state index in [2.05, 4.69) is 0 Å². The maximum Gasteiger partial charge on any atom is 0.317 e. The number of para-hydroxylation sites is 1. The molecule has 1 rings (SSSR count). The Balaban J connectivity index is 2.92. The van der Waals surface area contributed by atoms with Crippen molar-refractivity contribution in [1.82, 2.24) is 4.90 Å². The second-order valence-electron chi connectivity index (χ2n) is 4.76. The zero-order valence-corrected chi connectivity index (χ0v) is 11.6. The summed E-state index contributed by atoms with van der Waals surface area (Å²) in [4.78, 5) is 23.2. The van der Waals surface area contributed by atoms with Gasteiger partial charge in [0, 0.05) is 6.04 Å². The Morgan fingerprint density at radius 2 is 1.71 bits per heavy atom. The lowest BCUT2D eigenvalue weighted by Crippen LogP contribution is -2.44. The lowest BCUT2D eigenvalue weighted by molar-refractivity contribution is -0.142. The number of carbonyl (C=O) groups is 2. The number of phenolic OH excluding ortho intramolecular Hbond substituents is 1. The average Bonchev–Trinajstić information content (AvgIpc) is 2.39. The maximum atomic E-state index is 10.9. The third kappa shape index (κ3) is 5.80. The molecule has 7 heteroatoms. The van der Waals surface area contributed by atoms with Crippen molar-refractivity contribution in [2.75, 3.05) is 19.6 Å². The number of hydrogen-bond acceptors (Lipinski definition) is 5. The van der Waals surface area contributed by atoms with Gasteiger partial charge in [0.25, 0.3) is 0 Å². The van der Waals surface area contributed by atoms with E-state index >= 15 is 0 Å². The Kier molecular flexibility index (Phi) is 6.64. The smallest absolute Gasteiger partial charge is 0.317 e. The maximum absolute atomic E-state index is 10.9. The van der Waals surface area contributed by atoms with Gasteiger partial charge < -0.3 is 21.1 Å². The number of carboxylic acid groups (broad SMARTS) is 2. The van der Waals surface area contributed by atoms with Gasteiger partial charge in [0.15, 0.2) is 0 Å². The van der Waals surface area contributed by atoms with Crippen LogP contribution in [0.5, 0.6) is 5.75 Å². The number of carboxylic acids is 2. The third-order valence-electron chi connectivity index (χ3n) is 3.14. The van der Waals surface area contributed by atoms with E-state index in [0.29, 0.717) is 24.9 Å². The van der Waals surface area contributed by atoms with Crippen molar-refractivity contribution >= 4 is 11.9 Å². The van der Waals surface area contributed by atoms with Gasteiger partial charge in [-0.05, 0) is 31.0 Å². The van der Waals surface area contributed by atoms with E-state index in [-0.39, 0.29) is 24.9 Å². The Hall–Kier alpha value is -2.12. The predicted molar refractivity (Wildman–Crippen MR) is 76.1 cm³/mol. The molecule has 0 heterocycles. The Labute approximate surface area is 122 Å². The van der Waals surface area contributed by atoms with Crippen LogP contribution in [-0.4, -0.2) is 57.8 Å². The number of benzene rings is 1. The summed E-state index contributed by atoms with van der Waals surface area (Å²) in [6.07, 6.45) is 0.777. The molecule has 0 fully saturated rings. The number of nitrogens with zero attached hydrogens (tertiary/aromatic N) is 1. The van der Waals surface area contributed by atoms with E-state index < -0.39 is 11.9 Å². The van der Waals surface area contributed by atoms with Gasteiger partial charge in [0.2, 0.25) is 0 Å².